The van der Waals surface area contributed by atoms with Gasteiger partial charge in [0.2, 0.25) is 5.91 Å². The van der Waals surface area contributed by atoms with Crippen LogP contribution in [0.4, 0.5) is 5.69 Å². The molecule has 0 bridgehead atoms. The van der Waals surface area contributed by atoms with Crippen molar-refractivity contribution in [2.75, 3.05) is 11.4 Å². The van der Waals surface area contributed by atoms with Crippen LogP contribution in [0.5, 0.6) is 0 Å². The highest BCUT2D eigenvalue weighted by atomic mass is 16.2. The molecular weight excluding hydrogens is 288 g/mol. The molecule has 1 aromatic carbocycles. The lowest BCUT2D eigenvalue weighted by Crippen LogP contribution is -2.40. The van der Waals surface area contributed by atoms with Crippen LogP contribution in [0.25, 0.3) is 0 Å². The van der Waals surface area contributed by atoms with E-state index >= 15 is 0 Å². The third kappa shape index (κ3) is 2.87. The summed E-state index contributed by atoms with van der Waals surface area (Å²) in [5, 5.41) is 0. The van der Waals surface area contributed by atoms with Gasteiger partial charge in [0.05, 0.1) is 0 Å². The fraction of sp³-hybridized carbons (Fsp3) is 0.579. The topological polar surface area (TPSA) is 40.6 Å². The Kier molecular flexibility index (Phi) is 3.83. The Morgan fingerprint density at radius 3 is 2.43 bits per heavy atom. The van der Waals surface area contributed by atoms with Crippen molar-refractivity contribution < 1.29 is 9.59 Å². The number of hydrogen-bond acceptors (Lipinski definition) is 2. The van der Waals surface area contributed by atoms with Crippen LogP contribution in [0.15, 0.2) is 24.3 Å². The highest BCUT2D eigenvalue weighted by Crippen LogP contribution is 2.36. The molecule has 1 heterocycles. The SMILES string of the molecule is O=C1CCCN1c1cccc(C(=O)N(C2CCCC2)C2CC2)c1. The van der Waals surface area contributed by atoms with E-state index in [1.54, 1.807) is 0 Å². The predicted octanol–water partition coefficient (Wildman–Crippen LogP) is 3.36. The molecule has 3 fully saturated rings. The zero-order valence-corrected chi connectivity index (χ0v) is 13.5. The minimum Gasteiger partial charge on any atom is -0.333 e. The third-order valence-corrected chi connectivity index (χ3v) is 5.37. The first-order valence-electron chi connectivity index (χ1n) is 8.97. The quantitative estimate of drug-likeness (QED) is 0.855. The fourth-order valence-electron chi connectivity index (χ4n) is 4.04. The maximum absolute atomic E-state index is 13.1. The van der Waals surface area contributed by atoms with Gasteiger partial charge in [0.15, 0.2) is 0 Å². The molecule has 23 heavy (non-hydrogen) atoms. The first-order chi connectivity index (χ1) is 11.2. The summed E-state index contributed by atoms with van der Waals surface area (Å²) in [6.07, 6.45) is 8.59. The first kappa shape index (κ1) is 14.7. The van der Waals surface area contributed by atoms with Gasteiger partial charge in [-0.2, -0.15) is 0 Å². The molecule has 2 amide bonds. The summed E-state index contributed by atoms with van der Waals surface area (Å²) >= 11 is 0. The van der Waals surface area contributed by atoms with Crippen molar-refractivity contribution in [3.63, 3.8) is 0 Å². The second-order valence-corrected chi connectivity index (χ2v) is 7.08. The Bertz CT molecular complexity index is 618. The molecule has 0 atom stereocenters. The minimum absolute atomic E-state index is 0.160. The van der Waals surface area contributed by atoms with Crippen LogP contribution in [0, 0.1) is 0 Å². The summed E-state index contributed by atoms with van der Waals surface area (Å²) in [5.41, 5.74) is 1.61. The number of benzene rings is 1. The molecule has 4 rings (SSSR count). The molecule has 2 saturated carbocycles. The van der Waals surface area contributed by atoms with Gasteiger partial charge in [-0.05, 0) is 50.3 Å². The molecule has 2 aliphatic carbocycles. The van der Waals surface area contributed by atoms with Gasteiger partial charge in [0.25, 0.3) is 5.91 Å². The van der Waals surface area contributed by atoms with Crippen LogP contribution in [0.3, 0.4) is 0 Å². The lowest BCUT2D eigenvalue weighted by Gasteiger charge is -2.29. The van der Waals surface area contributed by atoms with E-state index in [0.29, 0.717) is 18.5 Å². The van der Waals surface area contributed by atoms with Gasteiger partial charge < -0.3 is 9.80 Å². The predicted molar refractivity (Wildman–Crippen MR) is 89.5 cm³/mol. The van der Waals surface area contributed by atoms with Gasteiger partial charge in [0.1, 0.15) is 0 Å². The number of amides is 2. The highest BCUT2D eigenvalue weighted by Gasteiger charge is 2.38. The van der Waals surface area contributed by atoms with Crippen LogP contribution in [-0.2, 0) is 4.79 Å². The number of carbonyl (C=O) groups is 2. The van der Waals surface area contributed by atoms with Crippen molar-refractivity contribution in [3.05, 3.63) is 29.8 Å². The van der Waals surface area contributed by atoms with Crippen LogP contribution in [-0.4, -0.2) is 35.3 Å². The van der Waals surface area contributed by atoms with Crippen molar-refractivity contribution in [2.45, 2.75) is 63.5 Å². The van der Waals surface area contributed by atoms with E-state index in [9.17, 15) is 9.59 Å². The zero-order chi connectivity index (χ0) is 15.8. The molecule has 0 radical (unpaired) electrons. The molecule has 3 aliphatic rings. The van der Waals surface area contributed by atoms with Gasteiger partial charge in [0, 0.05) is 36.3 Å². The average Bonchev–Trinajstić information content (AvgIpc) is 3.07. The number of rotatable bonds is 4. The molecule has 4 nitrogen and oxygen atoms in total. The van der Waals surface area contributed by atoms with E-state index in [1.165, 1.54) is 12.8 Å². The molecule has 0 aromatic heterocycles. The Hall–Kier alpha value is -1.84. The van der Waals surface area contributed by atoms with E-state index in [4.69, 9.17) is 0 Å². The lowest BCUT2D eigenvalue weighted by atomic mass is 10.1. The summed E-state index contributed by atoms with van der Waals surface area (Å²) in [6.45, 7) is 0.769. The minimum atomic E-state index is 0.160. The van der Waals surface area contributed by atoms with Gasteiger partial charge in [-0.3, -0.25) is 9.59 Å². The summed E-state index contributed by atoms with van der Waals surface area (Å²) < 4.78 is 0. The Morgan fingerprint density at radius 2 is 1.78 bits per heavy atom. The summed E-state index contributed by atoms with van der Waals surface area (Å²) in [6, 6.07) is 8.53. The van der Waals surface area contributed by atoms with Gasteiger partial charge >= 0.3 is 0 Å². The normalized spacial score (nSPS) is 21.9. The average molecular weight is 312 g/mol. The smallest absolute Gasteiger partial charge is 0.254 e. The second kappa shape index (κ2) is 5.99. The van der Waals surface area contributed by atoms with Crippen molar-refractivity contribution in [2.24, 2.45) is 0 Å². The summed E-state index contributed by atoms with van der Waals surface area (Å²) in [5.74, 6) is 0.331. The molecule has 1 aromatic rings. The standard InChI is InChI=1S/C19H24N2O2/c22-18-9-4-12-20(18)17-8-3-5-14(13-17)19(23)21(16-10-11-16)15-6-1-2-7-15/h3,5,8,13,15-16H,1-2,4,6-7,9-12H2. The molecular formula is C19H24N2O2. The van der Waals surface area contributed by atoms with E-state index < -0.39 is 0 Å². The number of nitrogens with zero attached hydrogens (tertiary/aromatic N) is 2. The Balaban J connectivity index is 1.58. The van der Waals surface area contributed by atoms with Crippen molar-refractivity contribution in [1.29, 1.82) is 0 Å². The van der Waals surface area contributed by atoms with E-state index in [2.05, 4.69) is 4.90 Å². The van der Waals surface area contributed by atoms with Gasteiger partial charge in [-0.15, -0.1) is 0 Å². The van der Waals surface area contributed by atoms with Crippen molar-refractivity contribution >= 4 is 17.5 Å². The van der Waals surface area contributed by atoms with E-state index in [1.807, 2.05) is 29.2 Å². The summed E-state index contributed by atoms with van der Waals surface area (Å²) in [4.78, 5) is 29.0. The summed E-state index contributed by atoms with van der Waals surface area (Å²) in [7, 11) is 0. The monoisotopic (exact) mass is 312 g/mol. The second-order valence-electron chi connectivity index (χ2n) is 7.08. The van der Waals surface area contributed by atoms with Crippen molar-refractivity contribution in [3.8, 4) is 0 Å². The van der Waals surface area contributed by atoms with Crippen molar-refractivity contribution in [1.82, 2.24) is 4.90 Å². The van der Waals surface area contributed by atoms with Gasteiger partial charge in [-0.25, -0.2) is 0 Å². The fourth-order valence-corrected chi connectivity index (χ4v) is 4.04. The molecule has 0 unspecified atom stereocenters. The van der Waals surface area contributed by atoms with E-state index in [-0.39, 0.29) is 11.8 Å². The number of anilines is 1. The molecule has 122 valence electrons. The molecule has 1 aliphatic heterocycles. The number of hydrogen-bond donors (Lipinski definition) is 0. The van der Waals surface area contributed by atoms with Gasteiger partial charge in [-0.1, -0.05) is 18.9 Å². The van der Waals surface area contributed by atoms with Crippen LogP contribution in [0.2, 0.25) is 0 Å². The Labute approximate surface area is 137 Å². The van der Waals surface area contributed by atoms with Crippen LogP contribution < -0.4 is 4.90 Å². The highest BCUT2D eigenvalue weighted by molar-refractivity contribution is 5.99. The Morgan fingerprint density at radius 1 is 1.04 bits per heavy atom. The largest absolute Gasteiger partial charge is 0.333 e. The molecule has 0 N–H and O–H groups in total. The number of carbonyl (C=O) groups excluding carboxylic acids is 2. The van der Waals surface area contributed by atoms with Crippen LogP contribution in [0.1, 0.15) is 61.7 Å². The first-order valence-corrected chi connectivity index (χ1v) is 8.97. The molecule has 1 saturated heterocycles. The van der Waals surface area contributed by atoms with Crippen LogP contribution >= 0.6 is 0 Å². The van der Waals surface area contributed by atoms with E-state index in [0.717, 1.165) is 49.9 Å². The third-order valence-electron chi connectivity index (χ3n) is 5.37. The molecule has 4 heteroatoms. The lowest BCUT2D eigenvalue weighted by molar-refractivity contribution is -0.117. The molecule has 0 spiro atoms. The maximum atomic E-state index is 13.1. The zero-order valence-electron chi connectivity index (χ0n) is 13.5. The maximum Gasteiger partial charge on any atom is 0.254 e.